The number of benzene rings is 1. The average molecular weight is 300 g/mol. The molecule has 20 heavy (non-hydrogen) atoms. The van der Waals surface area contributed by atoms with Gasteiger partial charge >= 0.3 is 0 Å². The van der Waals surface area contributed by atoms with Gasteiger partial charge in [0.05, 0.1) is 0 Å². The van der Waals surface area contributed by atoms with Crippen LogP contribution < -0.4 is 5.32 Å². The summed E-state index contributed by atoms with van der Waals surface area (Å²) in [6, 6.07) is 5.09. The van der Waals surface area contributed by atoms with Gasteiger partial charge in [-0.15, -0.1) is 0 Å². The van der Waals surface area contributed by atoms with Crippen molar-refractivity contribution >= 4 is 11.6 Å². The Hall–Kier alpha value is -0.600. The minimum absolute atomic E-state index is 0.0825. The van der Waals surface area contributed by atoms with Crippen LogP contribution in [0.4, 0.5) is 4.39 Å². The fraction of sp³-hybridized carbons (Fsp3) is 0.647. The zero-order valence-electron chi connectivity index (χ0n) is 12.9. The molecule has 0 heterocycles. The van der Waals surface area contributed by atoms with Crippen LogP contribution in [0.3, 0.4) is 0 Å². The van der Waals surface area contributed by atoms with Crippen LogP contribution in [0.1, 0.15) is 64.5 Å². The van der Waals surface area contributed by atoms with Gasteiger partial charge in [-0.25, -0.2) is 4.39 Å². The highest BCUT2D eigenvalue weighted by atomic mass is 35.5. The van der Waals surface area contributed by atoms with E-state index in [0.29, 0.717) is 10.9 Å². The van der Waals surface area contributed by atoms with Crippen molar-refractivity contribution < 1.29 is 4.39 Å². The third-order valence-corrected chi connectivity index (χ3v) is 4.14. The van der Waals surface area contributed by atoms with E-state index in [9.17, 15) is 4.39 Å². The largest absolute Gasteiger partial charge is 0.310 e. The predicted octanol–water partition coefficient (Wildman–Crippen LogP) is 5.74. The summed E-state index contributed by atoms with van der Waals surface area (Å²) >= 11 is 5.84. The summed E-state index contributed by atoms with van der Waals surface area (Å²) in [7, 11) is 0. The van der Waals surface area contributed by atoms with Crippen molar-refractivity contribution in [1.29, 1.82) is 0 Å². The number of hydrogen-bond acceptors (Lipinski definition) is 1. The Morgan fingerprint density at radius 2 is 2.00 bits per heavy atom. The fourth-order valence-electron chi connectivity index (χ4n) is 2.67. The number of hydrogen-bond donors (Lipinski definition) is 1. The van der Waals surface area contributed by atoms with Gasteiger partial charge in [-0.1, -0.05) is 64.1 Å². The lowest BCUT2D eigenvalue weighted by atomic mass is 9.89. The second kappa shape index (κ2) is 9.36. The molecule has 0 saturated heterocycles. The molecular formula is C17H27ClFN. The first kappa shape index (κ1) is 17.5. The molecule has 1 rings (SSSR count). The first-order valence-corrected chi connectivity index (χ1v) is 8.18. The minimum atomic E-state index is -0.200. The monoisotopic (exact) mass is 299 g/mol. The van der Waals surface area contributed by atoms with Gasteiger partial charge in [-0.05, 0) is 31.0 Å². The molecule has 0 aliphatic rings. The van der Waals surface area contributed by atoms with Crippen molar-refractivity contribution in [1.82, 2.24) is 5.32 Å². The van der Waals surface area contributed by atoms with Gasteiger partial charge in [0, 0.05) is 16.6 Å². The van der Waals surface area contributed by atoms with E-state index in [2.05, 4.69) is 26.1 Å². The molecule has 0 aromatic heterocycles. The van der Waals surface area contributed by atoms with Gasteiger partial charge in [0.2, 0.25) is 0 Å². The van der Waals surface area contributed by atoms with Gasteiger partial charge < -0.3 is 5.32 Å². The highest BCUT2D eigenvalue weighted by molar-refractivity contribution is 6.30. The molecule has 0 aliphatic heterocycles. The van der Waals surface area contributed by atoms with E-state index in [-0.39, 0.29) is 11.9 Å². The number of halogens is 2. The smallest absolute Gasteiger partial charge is 0.129 e. The average Bonchev–Trinajstić information content (AvgIpc) is 2.42. The third-order valence-electron chi connectivity index (χ3n) is 3.90. The van der Waals surface area contributed by atoms with Crippen LogP contribution >= 0.6 is 11.6 Å². The molecule has 114 valence electrons. The zero-order chi connectivity index (χ0) is 15.0. The van der Waals surface area contributed by atoms with Crippen LogP contribution in [0.15, 0.2) is 18.2 Å². The molecule has 1 aromatic carbocycles. The summed E-state index contributed by atoms with van der Waals surface area (Å²) in [5.74, 6) is 0.447. The zero-order valence-corrected chi connectivity index (χ0v) is 13.6. The van der Waals surface area contributed by atoms with Crippen molar-refractivity contribution in [2.45, 2.75) is 58.9 Å². The van der Waals surface area contributed by atoms with Gasteiger partial charge in [0.15, 0.2) is 0 Å². The third kappa shape index (κ3) is 5.41. The Kier molecular flexibility index (Phi) is 8.16. The fourth-order valence-corrected chi connectivity index (χ4v) is 2.82. The van der Waals surface area contributed by atoms with E-state index in [0.717, 1.165) is 24.9 Å². The molecule has 0 fully saturated rings. The molecule has 1 N–H and O–H groups in total. The lowest BCUT2D eigenvalue weighted by molar-refractivity contribution is 0.351. The summed E-state index contributed by atoms with van der Waals surface area (Å²) in [5.41, 5.74) is 0.742. The molecule has 2 unspecified atom stereocenters. The molecule has 0 saturated carbocycles. The van der Waals surface area contributed by atoms with Gasteiger partial charge in [-0.3, -0.25) is 0 Å². The van der Waals surface area contributed by atoms with Crippen LogP contribution in [0.25, 0.3) is 0 Å². The number of rotatable bonds is 9. The molecular weight excluding hydrogens is 273 g/mol. The Balaban J connectivity index is 2.81. The standard InChI is InChI=1S/C17H27ClFN/c1-4-7-8-13(5-2)11-17(20-6-3)15-10-9-14(18)12-16(15)19/h9-10,12-13,17,20H,4-8,11H2,1-3H3. The second-order valence-corrected chi connectivity index (χ2v) is 5.86. The van der Waals surface area contributed by atoms with Gasteiger partial charge in [0.1, 0.15) is 5.82 Å². The van der Waals surface area contributed by atoms with Crippen molar-refractivity contribution in [3.63, 3.8) is 0 Å². The normalized spacial score (nSPS) is 14.2. The van der Waals surface area contributed by atoms with E-state index in [4.69, 9.17) is 11.6 Å². The van der Waals surface area contributed by atoms with Crippen molar-refractivity contribution in [2.75, 3.05) is 6.54 Å². The first-order chi connectivity index (χ1) is 9.62. The Morgan fingerprint density at radius 3 is 2.55 bits per heavy atom. The van der Waals surface area contributed by atoms with Crippen LogP contribution in [0.2, 0.25) is 5.02 Å². The Labute approximate surface area is 127 Å². The molecule has 0 radical (unpaired) electrons. The van der Waals surface area contributed by atoms with Gasteiger partial charge in [0.25, 0.3) is 0 Å². The lowest BCUT2D eigenvalue weighted by Crippen LogP contribution is -2.24. The molecule has 0 spiro atoms. The van der Waals surface area contributed by atoms with Crippen molar-refractivity contribution in [2.24, 2.45) is 5.92 Å². The van der Waals surface area contributed by atoms with Crippen LogP contribution in [-0.4, -0.2) is 6.54 Å². The summed E-state index contributed by atoms with van der Waals surface area (Å²) in [6.07, 6.45) is 5.84. The first-order valence-electron chi connectivity index (χ1n) is 7.80. The molecule has 1 aromatic rings. The van der Waals surface area contributed by atoms with Crippen molar-refractivity contribution in [3.05, 3.63) is 34.6 Å². The van der Waals surface area contributed by atoms with Crippen molar-refractivity contribution in [3.8, 4) is 0 Å². The molecule has 0 amide bonds. The van der Waals surface area contributed by atoms with E-state index in [1.165, 1.54) is 25.3 Å². The summed E-state index contributed by atoms with van der Waals surface area (Å²) in [5, 5.41) is 3.88. The lowest BCUT2D eigenvalue weighted by Gasteiger charge is -2.24. The maximum Gasteiger partial charge on any atom is 0.129 e. The highest BCUT2D eigenvalue weighted by Crippen LogP contribution is 2.29. The van der Waals surface area contributed by atoms with E-state index in [1.807, 2.05) is 6.07 Å². The van der Waals surface area contributed by atoms with E-state index >= 15 is 0 Å². The summed E-state index contributed by atoms with van der Waals surface area (Å²) in [4.78, 5) is 0. The Morgan fingerprint density at radius 1 is 1.25 bits per heavy atom. The molecule has 3 heteroatoms. The molecule has 0 aliphatic carbocycles. The minimum Gasteiger partial charge on any atom is -0.310 e. The molecule has 1 nitrogen and oxygen atoms in total. The van der Waals surface area contributed by atoms with Crippen LogP contribution in [0.5, 0.6) is 0 Å². The highest BCUT2D eigenvalue weighted by Gasteiger charge is 2.19. The second-order valence-electron chi connectivity index (χ2n) is 5.43. The maximum atomic E-state index is 14.1. The van der Waals surface area contributed by atoms with E-state index in [1.54, 1.807) is 6.07 Å². The predicted molar refractivity (Wildman–Crippen MR) is 85.8 cm³/mol. The van der Waals surface area contributed by atoms with Crippen LogP contribution in [-0.2, 0) is 0 Å². The SMILES string of the molecule is CCCCC(CC)CC(NCC)c1ccc(Cl)cc1F. The van der Waals surface area contributed by atoms with Crippen LogP contribution in [0, 0.1) is 11.7 Å². The van der Waals surface area contributed by atoms with E-state index < -0.39 is 0 Å². The maximum absolute atomic E-state index is 14.1. The quantitative estimate of drug-likeness (QED) is 0.613. The Bertz CT molecular complexity index is 395. The number of nitrogens with one attached hydrogen (secondary N) is 1. The number of unbranched alkanes of at least 4 members (excludes halogenated alkanes) is 1. The molecule has 0 bridgehead atoms. The molecule has 2 atom stereocenters. The summed E-state index contributed by atoms with van der Waals surface area (Å²) < 4.78 is 14.1. The van der Waals surface area contributed by atoms with Gasteiger partial charge in [-0.2, -0.15) is 0 Å². The summed E-state index contributed by atoms with van der Waals surface area (Å²) in [6.45, 7) is 7.35. The topological polar surface area (TPSA) is 12.0 Å².